The zero-order valence-electron chi connectivity index (χ0n) is 13.6. The Bertz CT molecular complexity index is 454. The molecule has 3 heteroatoms. The molecule has 3 nitrogen and oxygen atoms in total. The summed E-state index contributed by atoms with van der Waals surface area (Å²) in [5, 5.41) is 2.90. The average molecular weight is 289 g/mol. The summed E-state index contributed by atoms with van der Waals surface area (Å²) >= 11 is 0. The summed E-state index contributed by atoms with van der Waals surface area (Å²) in [5.74, 6) is 0.317. The highest BCUT2D eigenvalue weighted by atomic mass is 16.2. The highest BCUT2D eigenvalue weighted by molar-refractivity contribution is 5.88. The number of Topliss-reactive ketones (excluding diaryl/α,β-unsaturated/α-hetero) is 1. The van der Waals surface area contributed by atoms with Gasteiger partial charge in [0.15, 0.2) is 5.78 Å². The maximum atomic E-state index is 12.2. The van der Waals surface area contributed by atoms with E-state index in [2.05, 4.69) is 31.3 Å². The molecule has 0 unspecified atom stereocenters. The second kappa shape index (κ2) is 8.60. The molecular weight excluding hydrogens is 262 g/mol. The van der Waals surface area contributed by atoms with Crippen LogP contribution in [-0.4, -0.2) is 17.7 Å². The first-order chi connectivity index (χ1) is 9.90. The molecule has 1 amide bonds. The van der Waals surface area contributed by atoms with Crippen LogP contribution in [0.5, 0.6) is 0 Å². The van der Waals surface area contributed by atoms with Gasteiger partial charge in [-0.1, -0.05) is 51.1 Å². The monoisotopic (exact) mass is 289 g/mol. The second-order valence-corrected chi connectivity index (χ2v) is 6.23. The Morgan fingerprint density at radius 2 is 1.71 bits per heavy atom. The van der Waals surface area contributed by atoms with Gasteiger partial charge in [0.2, 0.25) is 5.91 Å². The number of ketones is 1. The van der Waals surface area contributed by atoms with Crippen LogP contribution in [0.2, 0.25) is 0 Å². The van der Waals surface area contributed by atoms with E-state index < -0.39 is 0 Å². The average Bonchev–Trinajstić information content (AvgIpc) is 2.44. The standard InChI is InChI=1S/C18H27NO2/c1-13(2)12-17(15(4)20)19-18(21)14(3)10-11-16-8-6-5-7-9-16/h5-9,13-14,17H,10-12H2,1-4H3,(H,19,21)/t14-,17-/m0/s1. The van der Waals surface area contributed by atoms with Gasteiger partial charge < -0.3 is 5.32 Å². The molecule has 2 atom stereocenters. The molecule has 1 rings (SSSR count). The SMILES string of the molecule is CC(=O)[C@H](CC(C)C)NC(=O)[C@@H](C)CCc1ccccc1. The maximum absolute atomic E-state index is 12.2. The van der Waals surface area contributed by atoms with Gasteiger partial charge in [0.25, 0.3) is 0 Å². The number of nitrogens with one attached hydrogen (secondary N) is 1. The second-order valence-electron chi connectivity index (χ2n) is 6.23. The number of aryl methyl sites for hydroxylation is 1. The van der Waals surface area contributed by atoms with Crippen molar-refractivity contribution in [1.82, 2.24) is 5.32 Å². The van der Waals surface area contributed by atoms with Gasteiger partial charge in [0.1, 0.15) is 0 Å². The van der Waals surface area contributed by atoms with Gasteiger partial charge in [-0.05, 0) is 37.7 Å². The zero-order chi connectivity index (χ0) is 15.8. The van der Waals surface area contributed by atoms with E-state index in [1.807, 2.05) is 25.1 Å². The van der Waals surface area contributed by atoms with E-state index in [1.54, 1.807) is 6.92 Å². The molecule has 1 aromatic carbocycles. The number of carbonyl (C=O) groups is 2. The number of carbonyl (C=O) groups excluding carboxylic acids is 2. The summed E-state index contributed by atoms with van der Waals surface area (Å²) in [4.78, 5) is 23.8. The van der Waals surface area contributed by atoms with Gasteiger partial charge in [0, 0.05) is 5.92 Å². The quantitative estimate of drug-likeness (QED) is 0.797. The van der Waals surface area contributed by atoms with E-state index in [0.29, 0.717) is 12.3 Å². The van der Waals surface area contributed by atoms with Crippen LogP contribution in [0.4, 0.5) is 0 Å². The summed E-state index contributed by atoms with van der Waals surface area (Å²) < 4.78 is 0. The Balaban J connectivity index is 2.47. The van der Waals surface area contributed by atoms with Gasteiger partial charge in [0.05, 0.1) is 6.04 Å². The summed E-state index contributed by atoms with van der Waals surface area (Å²) in [6.07, 6.45) is 2.37. The third kappa shape index (κ3) is 6.56. The van der Waals surface area contributed by atoms with E-state index in [1.165, 1.54) is 5.56 Å². The van der Waals surface area contributed by atoms with Gasteiger partial charge in [-0.15, -0.1) is 0 Å². The van der Waals surface area contributed by atoms with Crippen molar-refractivity contribution in [2.75, 3.05) is 0 Å². The zero-order valence-corrected chi connectivity index (χ0v) is 13.6. The summed E-state index contributed by atoms with van der Waals surface area (Å²) in [6.45, 7) is 7.58. The fourth-order valence-electron chi connectivity index (χ4n) is 2.27. The molecule has 0 aromatic heterocycles. The van der Waals surface area contributed by atoms with Gasteiger partial charge >= 0.3 is 0 Å². The molecule has 0 radical (unpaired) electrons. The lowest BCUT2D eigenvalue weighted by Gasteiger charge is -2.20. The predicted molar refractivity (Wildman–Crippen MR) is 86.0 cm³/mol. The van der Waals surface area contributed by atoms with Gasteiger partial charge in [-0.25, -0.2) is 0 Å². The third-order valence-corrected chi connectivity index (χ3v) is 3.67. The summed E-state index contributed by atoms with van der Waals surface area (Å²) in [6, 6.07) is 9.80. The number of benzene rings is 1. The highest BCUT2D eigenvalue weighted by Gasteiger charge is 2.21. The van der Waals surface area contributed by atoms with Crippen molar-refractivity contribution in [1.29, 1.82) is 0 Å². The molecular formula is C18H27NO2. The Morgan fingerprint density at radius 1 is 1.10 bits per heavy atom. The topological polar surface area (TPSA) is 46.2 Å². The van der Waals surface area contributed by atoms with Crippen LogP contribution >= 0.6 is 0 Å². The molecule has 21 heavy (non-hydrogen) atoms. The fourth-order valence-corrected chi connectivity index (χ4v) is 2.27. The first-order valence-corrected chi connectivity index (χ1v) is 7.75. The van der Waals surface area contributed by atoms with Gasteiger partial charge in [-0.2, -0.15) is 0 Å². The lowest BCUT2D eigenvalue weighted by molar-refractivity contribution is -0.129. The van der Waals surface area contributed by atoms with Gasteiger partial charge in [-0.3, -0.25) is 9.59 Å². The first-order valence-electron chi connectivity index (χ1n) is 7.75. The minimum atomic E-state index is -0.350. The molecule has 0 saturated carbocycles. The Labute approximate surface area is 128 Å². The molecule has 0 bridgehead atoms. The van der Waals surface area contributed by atoms with Crippen molar-refractivity contribution in [3.8, 4) is 0 Å². The maximum Gasteiger partial charge on any atom is 0.223 e. The molecule has 0 spiro atoms. The van der Waals surface area contributed by atoms with E-state index in [0.717, 1.165) is 12.8 Å². The largest absolute Gasteiger partial charge is 0.346 e. The van der Waals surface area contributed by atoms with Crippen LogP contribution in [0.25, 0.3) is 0 Å². The van der Waals surface area contributed by atoms with Crippen molar-refractivity contribution in [3.63, 3.8) is 0 Å². The third-order valence-electron chi connectivity index (χ3n) is 3.67. The minimum absolute atomic E-state index is 0.0215. The molecule has 1 aromatic rings. The van der Waals surface area contributed by atoms with Crippen LogP contribution in [0.1, 0.15) is 46.1 Å². The Hall–Kier alpha value is -1.64. The van der Waals surface area contributed by atoms with Crippen molar-refractivity contribution < 1.29 is 9.59 Å². The predicted octanol–water partition coefficient (Wildman–Crippen LogP) is 3.38. The fraction of sp³-hybridized carbons (Fsp3) is 0.556. The minimum Gasteiger partial charge on any atom is -0.346 e. The van der Waals surface area contributed by atoms with Crippen LogP contribution in [0.15, 0.2) is 30.3 Å². The normalized spacial score (nSPS) is 13.8. The number of amides is 1. The molecule has 0 aliphatic heterocycles. The number of rotatable bonds is 8. The molecule has 0 saturated heterocycles. The molecule has 0 aliphatic rings. The summed E-state index contributed by atoms with van der Waals surface area (Å²) in [7, 11) is 0. The highest BCUT2D eigenvalue weighted by Crippen LogP contribution is 2.11. The molecule has 116 valence electrons. The Kier molecular flexibility index (Phi) is 7.13. The molecule has 1 N–H and O–H groups in total. The molecule has 0 fully saturated rings. The lowest BCUT2D eigenvalue weighted by atomic mass is 9.97. The lowest BCUT2D eigenvalue weighted by Crippen LogP contribution is -2.43. The van der Waals surface area contributed by atoms with Crippen molar-refractivity contribution in [2.45, 2.75) is 53.0 Å². The first kappa shape index (κ1) is 17.4. The molecule has 0 aliphatic carbocycles. The van der Waals surface area contributed by atoms with E-state index in [9.17, 15) is 9.59 Å². The van der Waals surface area contributed by atoms with E-state index >= 15 is 0 Å². The summed E-state index contributed by atoms with van der Waals surface area (Å²) in [5.41, 5.74) is 1.24. The number of hydrogen-bond acceptors (Lipinski definition) is 2. The van der Waals surface area contributed by atoms with E-state index in [4.69, 9.17) is 0 Å². The van der Waals surface area contributed by atoms with Crippen LogP contribution in [0, 0.1) is 11.8 Å². The number of hydrogen-bond donors (Lipinski definition) is 1. The van der Waals surface area contributed by atoms with Crippen molar-refractivity contribution in [3.05, 3.63) is 35.9 Å². The van der Waals surface area contributed by atoms with Crippen LogP contribution in [-0.2, 0) is 16.0 Å². The van der Waals surface area contributed by atoms with Crippen molar-refractivity contribution in [2.24, 2.45) is 11.8 Å². The Morgan fingerprint density at radius 3 is 2.24 bits per heavy atom. The molecule has 0 heterocycles. The van der Waals surface area contributed by atoms with E-state index in [-0.39, 0.29) is 23.7 Å². The van der Waals surface area contributed by atoms with Crippen LogP contribution < -0.4 is 5.32 Å². The van der Waals surface area contributed by atoms with Crippen LogP contribution in [0.3, 0.4) is 0 Å². The van der Waals surface area contributed by atoms with Crippen molar-refractivity contribution >= 4 is 11.7 Å². The smallest absolute Gasteiger partial charge is 0.223 e.